The zero-order valence-electron chi connectivity index (χ0n) is 12.0. The van der Waals surface area contributed by atoms with Crippen molar-refractivity contribution in [2.24, 2.45) is 0 Å². The topological polar surface area (TPSA) is 30.5 Å². The average Bonchev–Trinajstić information content (AvgIpc) is 2.47. The second kappa shape index (κ2) is 7.69. The molecule has 0 aliphatic carbocycles. The first-order valence-corrected chi connectivity index (χ1v) is 7.70. The fourth-order valence-electron chi connectivity index (χ4n) is 2.00. The van der Waals surface area contributed by atoms with E-state index in [4.69, 9.17) is 21.1 Å². The van der Waals surface area contributed by atoms with Gasteiger partial charge in [0.05, 0.1) is 16.6 Å². The third kappa shape index (κ3) is 4.13. The molecule has 2 aromatic carbocycles. The Hall–Kier alpha value is -1.23. The maximum Gasteiger partial charge on any atom is 0.142 e. The van der Waals surface area contributed by atoms with E-state index in [1.165, 1.54) is 0 Å². The van der Waals surface area contributed by atoms with E-state index in [9.17, 15) is 0 Å². The van der Waals surface area contributed by atoms with Crippen LogP contribution < -0.4 is 14.8 Å². The first-order chi connectivity index (χ1) is 10.2. The van der Waals surface area contributed by atoms with Gasteiger partial charge < -0.3 is 14.8 Å². The van der Waals surface area contributed by atoms with Crippen LogP contribution in [0.2, 0.25) is 5.02 Å². The molecule has 2 rings (SSSR count). The molecule has 1 N–H and O–H groups in total. The van der Waals surface area contributed by atoms with Crippen molar-refractivity contribution in [3.8, 4) is 11.5 Å². The molecule has 0 radical (unpaired) electrons. The lowest BCUT2D eigenvalue weighted by Crippen LogP contribution is -2.08. The van der Waals surface area contributed by atoms with Crippen LogP contribution in [0, 0.1) is 0 Å². The van der Waals surface area contributed by atoms with E-state index in [1.54, 1.807) is 7.11 Å². The summed E-state index contributed by atoms with van der Waals surface area (Å²) in [6.07, 6.45) is 0. The molecule has 0 fully saturated rings. The average molecular weight is 371 g/mol. The van der Waals surface area contributed by atoms with E-state index in [1.807, 2.05) is 43.4 Å². The number of nitrogens with one attached hydrogen (secondary N) is 1. The van der Waals surface area contributed by atoms with E-state index >= 15 is 0 Å². The van der Waals surface area contributed by atoms with Crippen molar-refractivity contribution in [3.63, 3.8) is 0 Å². The Morgan fingerprint density at radius 1 is 1.24 bits per heavy atom. The summed E-state index contributed by atoms with van der Waals surface area (Å²) < 4.78 is 12.0. The smallest absolute Gasteiger partial charge is 0.142 e. The number of methoxy groups -OCH3 is 1. The van der Waals surface area contributed by atoms with Gasteiger partial charge in [0.2, 0.25) is 0 Å². The minimum absolute atomic E-state index is 0.447. The van der Waals surface area contributed by atoms with Crippen LogP contribution in [0.4, 0.5) is 0 Å². The fraction of sp³-hybridized carbons (Fsp3) is 0.250. The van der Waals surface area contributed by atoms with Crippen LogP contribution in [0.3, 0.4) is 0 Å². The minimum Gasteiger partial charge on any atom is -0.496 e. The lowest BCUT2D eigenvalue weighted by Gasteiger charge is -2.13. The second-order valence-corrected chi connectivity index (χ2v) is 5.78. The van der Waals surface area contributed by atoms with Gasteiger partial charge in [-0.1, -0.05) is 29.8 Å². The standard InChI is InChI=1S/C16H17BrClNO2/c1-19-9-12-4-3-5-14(18)16(12)21-10-11-6-7-15(20-2)13(17)8-11/h3-8,19H,9-10H2,1-2H3. The largest absolute Gasteiger partial charge is 0.496 e. The molecule has 0 spiro atoms. The summed E-state index contributed by atoms with van der Waals surface area (Å²) in [5, 5.41) is 3.73. The van der Waals surface area contributed by atoms with Crippen LogP contribution in [0.1, 0.15) is 11.1 Å². The fourth-order valence-corrected chi connectivity index (χ4v) is 2.84. The number of hydrogen-bond acceptors (Lipinski definition) is 3. The second-order valence-electron chi connectivity index (χ2n) is 4.52. The van der Waals surface area contributed by atoms with Crippen LogP contribution >= 0.6 is 27.5 Å². The summed E-state index contributed by atoms with van der Waals surface area (Å²) in [5.74, 6) is 1.52. The number of hydrogen-bond donors (Lipinski definition) is 1. The molecule has 0 saturated heterocycles. The van der Waals surface area contributed by atoms with Crippen molar-refractivity contribution in [3.05, 3.63) is 57.0 Å². The molecule has 0 aliphatic heterocycles. The van der Waals surface area contributed by atoms with E-state index in [0.717, 1.165) is 27.1 Å². The highest BCUT2D eigenvalue weighted by Crippen LogP contribution is 2.30. The Kier molecular flexibility index (Phi) is 5.91. The lowest BCUT2D eigenvalue weighted by atomic mass is 10.2. The van der Waals surface area contributed by atoms with Crippen LogP contribution in [0.25, 0.3) is 0 Å². The van der Waals surface area contributed by atoms with Crippen molar-refractivity contribution >= 4 is 27.5 Å². The van der Waals surface area contributed by atoms with Crippen LogP contribution in [0.15, 0.2) is 40.9 Å². The Labute approximate surface area is 138 Å². The number of halogens is 2. The van der Waals surface area contributed by atoms with Crippen molar-refractivity contribution in [1.82, 2.24) is 5.32 Å². The molecule has 0 heterocycles. The van der Waals surface area contributed by atoms with Gasteiger partial charge in [0.15, 0.2) is 0 Å². The molecule has 0 unspecified atom stereocenters. The molecule has 2 aromatic rings. The van der Waals surface area contributed by atoms with E-state index < -0.39 is 0 Å². The molecule has 0 atom stereocenters. The quantitative estimate of drug-likeness (QED) is 0.817. The van der Waals surface area contributed by atoms with Gasteiger partial charge in [0, 0.05) is 12.1 Å². The van der Waals surface area contributed by atoms with Crippen molar-refractivity contribution in [2.45, 2.75) is 13.2 Å². The molecule has 0 bridgehead atoms. The van der Waals surface area contributed by atoms with E-state index in [0.29, 0.717) is 18.2 Å². The summed E-state index contributed by atoms with van der Waals surface area (Å²) in [6.45, 7) is 1.16. The predicted octanol–water partition coefficient (Wildman–Crippen LogP) is 4.41. The Morgan fingerprint density at radius 2 is 2.05 bits per heavy atom. The van der Waals surface area contributed by atoms with Gasteiger partial charge >= 0.3 is 0 Å². The third-order valence-corrected chi connectivity index (χ3v) is 3.93. The molecule has 112 valence electrons. The van der Waals surface area contributed by atoms with Gasteiger partial charge in [-0.2, -0.15) is 0 Å². The summed E-state index contributed by atoms with van der Waals surface area (Å²) in [6, 6.07) is 11.6. The highest BCUT2D eigenvalue weighted by Gasteiger charge is 2.09. The van der Waals surface area contributed by atoms with E-state index in [-0.39, 0.29) is 0 Å². The lowest BCUT2D eigenvalue weighted by molar-refractivity contribution is 0.302. The van der Waals surface area contributed by atoms with Crippen LogP contribution in [0.5, 0.6) is 11.5 Å². The predicted molar refractivity (Wildman–Crippen MR) is 89.2 cm³/mol. The van der Waals surface area contributed by atoms with Gasteiger partial charge in [-0.15, -0.1) is 0 Å². The van der Waals surface area contributed by atoms with E-state index in [2.05, 4.69) is 21.2 Å². The zero-order valence-corrected chi connectivity index (χ0v) is 14.3. The molecule has 0 aromatic heterocycles. The van der Waals surface area contributed by atoms with Crippen molar-refractivity contribution in [1.29, 1.82) is 0 Å². The molecular weight excluding hydrogens is 354 g/mol. The van der Waals surface area contributed by atoms with Gasteiger partial charge in [0.25, 0.3) is 0 Å². The SMILES string of the molecule is CNCc1cccc(Cl)c1OCc1ccc(OC)c(Br)c1. The number of para-hydroxylation sites is 1. The van der Waals surface area contributed by atoms with Crippen molar-refractivity contribution in [2.75, 3.05) is 14.2 Å². The summed E-state index contributed by atoms with van der Waals surface area (Å²) in [5.41, 5.74) is 2.08. The first kappa shape index (κ1) is 16.1. The Bertz CT molecular complexity index is 619. The van der Waals surface area contributed by atoms with Crippen molar-refractivity contribution < 1.29 is 9.47 Å². The van der Waals surface area contributed by atoms with Gasteiger partial charge in [-0.25, -0.2) is 0 Å². The van der Waals surface area contributed by atoms with Crippen LogP contribution in [-0.4, -0.2) is 14.2 Å². The number of benzene rings is 2. The van der Waals surface area contributed by atoms with Gasteiger partial charge in [-0.3, -0.25) is 0 Å². The maximum absolute atomic E-state index is 6.23. The number of ether oxygens (including phenoxy) is 2. The number of rotatable bonds is 6. The van der Waals surface area contributed by atoms with Gasteiger partial charge in [-0.05, 0) is 46.7 Å². The summed E-state index contributed by atoms with van der Waals surface area (Å²) >= 11 is 9.70. The van der Waals surface area contributed by atoms with Crippen LogP contribution in [-0.2, 0) is 13.2 Å². The first-order valence-electron chi connectivity index (χ1n) is 6.53. The molecule has 0 saturated carbocycles. The molecule has 0 aliphatic rings. The maximum atomic E-state index is 6.23. The zero-order chi connectivity index (χ0) is 15.2. The highest BCUT2D eigenvalue weighted by molar-refractivity contribution is 9.10. The molecule has 3 nitrogen and oxygen atoms in total. The summed E-state index contributed by atoms with van der Waals surface area (Å²) in [4.78, 5) is 0. The van der Waals surface area contributed by atoms with Gasteiger partial charge in [0.1, 0.15) is 18.1 Å². The third-order valence-electron chi connectivity index (χ3n) is 3.02. The molecule has 5 heteroatoms. The highest BCUT2D eigenvalue weighted by atomic mass is 79.9. The Balaban J connectivity index is 2.14. The molecular formula is C16H17BrClNO2. The summed E-state index contributed by atoms with van der Waals surface area (Å²) in [7, 11) is 3.54. The molecule has 21 heavy (non-hydrogen) atoms. The Morgan fingerprint density at radius 3 is 2.71 bits per heavy atom. The monoisotopic (exact) mass is 369 g/mol. The normalized spacial score (nSPS) is 10.5. The molecule has 0 amide bonds. The minimum atomic E-state index is 0.447.